The average molecular weight is 836 g/mol. The molecule has 1 aliphatic heterocycles. The summed E-state index contributed by atoms with van der Waals surface area (Å²) in [6.07, 6.45) is -0.625. The lowest BCUT2D eigenvalue weighted by Gasteiger charge is -2.34. The molecule has 60 heavy (non-hydrogen) atoms. The van der Waals surface area contributed by atoms with Crippen molar-refractivity contribution in [1.82, 2.24) is 41.0 Å². The number of aliphatic carboxylic acids is 1. The molecule has 322 valence electrons. The van der Waals surface area contributed by atoms with Crippen LogP contribution in [0.25, 0.3) is 0 Å². The molecule has 0 spiro atoms. The van der Waals surface area contributed by atoms with Crippen molar-refractivity contribution < 1.29 is 48.8 Å². The second-order valence-corrected chi connectivity index (χ2v) is 14.2. The van der Waals surface area contributed by atoms with Crippen LogP contribution in [0.3, 0.4) is 0 Å². The third kappa shape index (κ3) is 12.5. The van der Waals surface area contributed by atoms with Crippen molar-refractivity contribution in [2.24, 2.45) is 5.73 Å². The predicted molar refractivity (Wildman–Crippen MR) is 213 cm³/mol. The van der Waals surface area contributed by atoms with Gasteiger partial charge in [0.1, 0.15) is 41.8 Å². The van der Waals surface area contributed by atoms with E-state index in [1.54, 1.807) is 42.5 Å². The molecular weight excluding hydrogens is 786 g/mol. The molecule has 2 aromatic carbocycles. The smallest absolute Gasteiger partial charge is 0.331 e. The molecule has 0 bridgehead atoms. The minimum absolute atomic E-state index is 0.00359. The van der Waals surface area contributed by atoms with Gasteiger partial charge in [-0.15, -0.1) is 0 Å². The Morgan fingerprint density at radius 1 is 0.883 bits per heavy atom. The van der Waals surface area contributed by atoms with Gasteiger partial charge in [-0.2, -0.15) is 0 Å². The fraction of sp³-hybridized carbons (Fsp3) is 0.385. The van der Waals surface area contributed by atoms with E-state index >= 15 is 0 Å². The summed E-state index contributed by atoms with van der Waals surface area (Å²) in [5.74, 6) is -4.53. The molecule has 1 aliphatic rings. The number of nitrogens with one attached hydrogen (secondary N) is 6. The first-order valence-corrected chi connectivity index (χ1v) is 18.7. The van der Waals surface area contributed by atoms with E-state index in [4.69, 9.17) is 10.5 Å². The van der Waals surface area contributed by atoms with E-state index in [-0.39, 0.29) is 30.8 Å². The maximum atomic E-state index is 14.1. The van der Waals surface area contributed by atoms with Gasteiger partial charge in [0.15, 0.2) is 0 Å². The van der Waals surface area contributed by atoms with Gasteiger partial charge >= 0.3 is 17.7 Å². The number of aromatic amines is 1. The van der Waals surface area contributed by atoms with Gasteiger partial charge in [-0.1, -0.05) is 42.5 Å². The number of hydrogen-bond acceptors (Lipinski definition) is 12. The Morgan fingerprint density at radius 2 is 1.52 bits per heavy atom. The molecule has 11 N–H and O–H groups in total. The molecular formula is C39H49N9O12. The normalized spacial score (nSPS) is 18.3. The van der Waals surface area contributed by atoms with Gasteiger partial charge in [-0.25, -0.2) is 14.4 Å². The molecule has 0 aliphatic carbocycles. The summed E-state index contributed by atoms with van der Waals surface area (Å²) in [6, 6.07) is 6.77. The summed E-state index contributed by atoms with van der Waals surface area (Å²) in [6.45, 7) is 4.13. The molecule has 0 radical (unpaired) electrons. The monoisotopic (exact) mass is 835 g/mol. The number of aliphatic hydroxyl groups is 1. The number of ether oxygens (including phenoxy) is 1. The van der Waals surface area contributed by atoms with Gasteiger partial charge in [0.25, 0.3) is 5.56 Å². The summed E-state index contributed by atoms with van der Waals surface area (Å²) >= 11 is 0. The van der Waals surface area contributed by atoms with Crippen molar-refractivity contribution in [3.05, 3.63) is 111 Å². The minimum atomic E-state index is -1.58. The Morgan fingerprint density at radius 3 is 2.13 bits per heavy atom. The van der Waals surface area contributed by atoms with Gasteiger partial charge in [0.05, 0.1) is 12.1 Å². The maximum Gasteiger partial charge on any atom is 0.331 e. The van der Waals surface area contributed by atoms with E-state index in [2.05, 4.69) is 31.6 Å². The number of rotatable bonds is 17. The number of carboxylic acid groups (broad SMARTS) is 1. The molecule has 8 unspecified atom stereocenters. The lowest BCUT2D eigenvalue weighted by molar-refractivity contribution is -0.140. The van der Waals surface area contributed by atoms with Crippen molar-refractivity contribution in [2.45, 2.75) is 88.6 Å². The van der Waals surface area contributed by atoms with Crippen molar-refractivity contribution in [1.29, 1.82) is 0 Å². The molecule has 2 heterocycles. The van der Waals surface area contributed by atoms with Crippen LogP contribution in [0.1, 0.15) is 44.5 Å². The second kappa shape index (κ2) is 20.6. The first-order valence-electron chi connectivity index (χ1n) is 18.7. The molecule has 21 nitrogen and oxygen atoms in total. The number of H-pyrrole nitrogens is 1. The molecule has 6 amide bonds. The SMILES string of the molecule is CC(N)C(=O)NC(Cc1ccc(O)cc1)C(=O)N(C)C(C)C(NC(=O)C(C)NC(=O)NC(Cc1ccccc1)C(=O)O)C(=O)NC=C1CC(O)C(n2ccc(=O)[nH]c2=O)O1. The van der Waals surface area contributed by atoms with E-state index < -0.39 is 95.5 Å². The molecule has 8 atom stereocenters. The van der Waals surface area contributed by atoms with E-state index in [9.17, 15) is 53.7 Å². The fourth-order valence-electron chi connectivity index (χ4n) is 6.03. The highest BCUT2D eigenvalue weighted by Crippen LogP contribution is 2.29. The number of aliphatic hydroxyl groups excluding tert-OH is 1. The van der Waals surface area contributed by atoms with Gasteiger partial charge in [-0.3, -0.25) is 33.5 Å². The number of likely N-dealkylation sites (N-methyl/N-ethyl adjacent to an activating group) is 1. The summed E-state index contributed by atoms with van der Waals surface area (Å²) in [4.78, 5) is 106. The number of nitrogens with two attached hydrogens (primary N) is 1. The van der Waals surface area contributed by atoms with Crippen LogP contribution in [0.5, 0.6) is 5.75 Å². The maximum absolute atomic E-state index is 14.1. The van der Waals surface area contributed by atoms with Crippen LogP contribution in [0.15, 0.2) is 88.4 Å². The Hall–Kier alpha value is -7.00. The number of carbonyl (C=O) groups excluding carboxylic acids is 5. The summed E-state index contributed by atoms with van der Waals surface area (Å²) in [5.41, 5.74) is 5.43. The third-order valence-corrected chi connectivity index (χ3v) is 9.56. The number of aromatic nitrogens is 2. The Balaban J connectivity index is 1.56. The number of phenolic OH excluding ortho intramolecular Hbond substituents is 1. The molecule has 3 aromatic rings. The summed E-state index contributed by atoms with van der Waals surface area (Å²) < 4.78 is 6.63. The molecule has 0 saturated carbocycles. The standard InChI is InChI=1S/C39H49N9O12/c1-20(40)32(52)43-27(16-24-10-12-25(49)13-11-24)35(55)47(4)22(3)31(34(54)41-19-26-18-29(50)36(60-26)48-15-14-30(51)45-39(48)59)46-33(53)21(2)42-38(58)44-28(37(56)57)17-23-8-6-5-7-9-23/h5-15,19-22,27-29,31,36,49-50H,16-18,40H2,1-4H3,(H,41,54)(H,43,52)(H,46,53)(H,56,57)(H2,42,44,58)(H,45,51,59). The van der Waals surface area contributed by atoms with E-state index in [1.165, 1.54) is 40.0 Å². The average Bonchev–Trinajstić information content (AvgIpc) is 3.57. The lowest BCUT2D eigenvalue weighted by atomic mass is 10.0. The van der Waals surface area contributed by atoms with E-state index in [0.29, 0.717) is 11.1 Å². The number of nitrogens with zero attached hydrogens (tertiary/aromatic N) is 2. The van der Waals surface area contributed by atoms with Crippen LogP contribution < -0.4 is 43.6 Å². The van der Waals surface area contributed by atoms with E-state index in [0.717, 1.165) is 27.9 Å². The number of amides is 6. The first kappa shape index (κ1) is 45.7. The number of carboxylic acids is 1. The highest BCUT2D eigenvalue weighted by atomic mass is 16.5. The molecule has 1 saturated heterocycles. The predicted octanol–water partition coefficient (Wildman–Crippen LogP) is -1.73. The number of carbonyl (C=O) groups is 6. The van der Waals surface area contributed by atoms with Crippen LogP contribution in [0.2, 0.25) is 0 Å². The van der Waals surface area contributed by atoms with Crippen LogP contribution in [0.4, 0.5) is 4.79 Å². The van der Waals surface area contributed by atoms with Crippen molar-refractivity contribution in [3.8, 4) is 5.75 Å². The number of hydrogen-bond donors (Lipinski definition) is 10. The Kier molecular flexibility index (Phi) is 15.7. The zero-order valence-electron chi connectivity index (χ0n) is 33.2. The third-order valence-electron chi connectivity index (χ3n) is 9.56. The molecule has 1 aromatic heterocycles. The zero-order valence-corrected chi connectivity index (χ0v) is 33.2. The number of aromatic hydroxyl groups is 1. The molecule has 21 heteroatoms. The second-order valence-electron chi connectivity index (χ2n) is 14.2. The first-order chi connectivity index (χ1) is 28.3. The number of urea groups is 1. The van der Waals surface area contributed by atoms with Gasteiger partial charge in [-0.05, 0) is 44.0 Å². The van der Waals surface area contributed by atoms with Gasteiger partial charge in [0.2, 0.25) is 29.9 Å². The van der Waals surface area contributed by atoms with E-state index in [1.807, 2.05) is 0 Å². The zero-order chi connectivity index (χ0) is 44.3. The number of phenols is 1. The minimum Gasteiger partial charge on any atom is -0.508 e. The summed E-state index contributed by atoms with van der Waals surface area (Å²) in [7, 11) is 1.33. The highest BCUT2D eigenvalue weighted by molar-refractivity contribution is 5.94. The van der Waals surface area contributed by atoms with Crippen molar-refractivity contribution in [2.75, 3.05) is 7.05 Å². The quantitative estimate of drug-likeness (QED) is 0.0724. The summed E-state index contributed by atoms with van der Waals surface area (Å²) in [5, 5.41) is 42.4. The molecule has 1 fully saturated rings. The van der Waals surface area contributed by atoms with Gasteiger partial charge < -0.3 is 57.3 Å². The van der Waals surface area contributed by atoms with Crippen LogP contribution in [-0.4, -0.2) is 115 Å². The van der Waals surface area contributed by atoms with Crippen molar-refractivity contribution >= 4 is 35.6 Å². The molecule has 4 rings (SSSR count). The fourth-order valence-corrected chi connectivity index (χ4v) is 6.03. The Labute approximate surface area is 343 Å². The van der Waals surface area contributed by atoms with Crippen LogP contribution in [-0.2, 0) is 41.6 Å². The Bertz CT molecular complexity index is 2170. The highest BCUT2D eigenvalue weighted by Gasteiger charge is 2.37. The lowest BCUT2D eigenvalue weighted by Crippen LogP contribution is -2.62. The topological polar surface area (TPSA) is 317 Å². The number of benzene rings is 2. The largest absolute Gasteiger partial charge is 0.508 e. The van der Waals surface area contributed by atoms with Crippen molar-refractivity contribution in [3.63, 3.8) is 0 Å². The van der Waals surface area contributed by atoms with Gasteiger partial charge in [0, 0.05) is 44.8 Å². The van der Waals surface area contributed by atoms with Crippen LogP contribution in [0, 0.1) is 0 Å². The van der Waals surface area contributed by atoms with Crippen LogP contribution >= 0.6 is 0 Å².